The average molecular weight is 235 g/mol. The number of ether oxygens (including phenoxy) is 1. The van der Waals surface area contributed by atoms with E-state index in [9.17, 15) is 9.59 Å². The Labute approximate surface area is 101 Å². The van der Waals surface area contributed by atoms with Crippen LogP contribution < -0.4 is 5.73 Å². The maximum atomic E-state index is 12.0. The molecule has 92 valence electrons. The highest BCUT2D eigenvalue weighted by atomic mass is 16.5. The zero-order chi connectivity index (χ0) is 12.9. The number of amides is 1. The van der Waals surface area contributed by atoms with E-state index in [0.29, 0.717) is 5.56 Å². The molecule has 0 heterocycles. The molecule has 0 saturated heterocycles. The fourth-order valence-electron chi connectivity index (χ4n) is 1.86. The Morgan fingerprint density at radius 3 is 2.24 bits per heavy atom. The first-order chi connectivity index (χ1) is 8.09. The number of primary amides is 1. The molecule has 0 aliphatic rings. The Morgan fingerprint density at radius 2 is 1.82 bits per heavy atom. The van der Waals surface area contributed by atoms with Gasteiger partial charge in [-0.3, -0.25) is 9.59 Å². The second kappa shape index (κ2) is 5.48. The molecular formula is C13H17NO3. The maximum absolute atomic E-state index is 12.0. The second-order valence-electron chi connectivity index (χ2n) is 3.71. The van der Waals surface area contributed by atoms with Crippen LogP contribution in [0.25, 0.3) is 0 Å². The van der Waals surface area contributed by atoms with Gasteiger partial charge in [0.1, 0.15) is 0 Å². The first-order valence-corrected chi connectivity index (χ1v) is 5.62. The summed E-state index contributed by atoms with van der Waals surface area (Å²) < 4.78 is 4.97. The molecule has 4 nitrogen and oxygen atoms in total. The zero-order valence-corrected chi connectivity index (χ0v) is 10.1. The minimum absolute atomic E-state index is 0.223. The highest BCUT2D eigenvalue weighted by Gasteiger charge is 2.45. The van der Waals surface area contributed by atoms with Gasteiger partial charge in [0.2, 0.25) is 5.91 Å². The van der Waals surface area contributed by atoms with Crippen molar-refractivity contribution in [2.24, 2.45) is 5.73 Å². The summed E-state index contributed by atoms with van der Waals surface area (Å²) in [7, 11) is 0. The lowest BCUT2D eigenvalue weighted by Gasteiger charge is -2.27. The van der Waals surface area contributed by atoms with Gasteiger partial charge in [-0.2, -0.15) is 0 Å². The number of carbonyl (C=O) groups excluding carboxylic acids is 2. The van der Waals surface area contributed by atoms with Crippen LogP contribution in [0.1, 0.15) is 25.8 Å². The molecule has 0 aliphatic carbocycles. The van der Waals surface area contributed by atoms with E-state index in [1.54, 1.807) is 38.1 Å². The third-order valence-electron chi connectivity index (χ3n) is 2.84. The average Bonchev–Trinajstić information content (AvgIpc) is 2.32. The topological polar surface area (TPSA) is 69.4 Å². The number of benzene rings is 1. The monoisotopic (exact) mass is 235 g/mol. The first-order valence-electron chi connectivity index (χ1n) is 5.62. The zero-order valence-electron chi connectivity index (χ0n) is 10.1. The molecule has 0 radical (unpaired) electrons. The maximum Gasteiger partial charge on any atom is 0.326 e. The third-order valence-corrected chi connectivity index (χ3v) is 2.84. The number of nitrogens with two attached hydrogens (primary N) is 1. The van der Waals surface area contributed by atoms with Crippen molar-refractivity contribution in [1.29, 1.82) is 0 Å². The molecule has 0 saturated carbocycles. The van der Waals surface area contributed by atoms with Crippen LogP contribution in [0.3, 0.4) is 0 Å². The molecular weight excluding hydrogens is 218 g/mol. The second-order valence-corrected chi connectivity index (χ2v) is 3.71. The van der Waals surface area contributed by atoms with Crippen LogP contribution in [0.15, 0.2) is 30.3 Å². The predicted octanol–water partition coefficient (Wildman–Crippen LogP) is 1.38. The molecule has 2 N–H and O–H groups in total. The highest BCUT2D eigenvalue weighted by Crippen LogP contribution is 2.29. The van der Waals surface area contributed by atoms with Gasteiger partial charge in [0.05, 0.1) is 6.61 Å². The molecule has 0 aromatic heterocycles. The van der Waals surface area contributed by atoms with Gasteiger partial charge in [-0.1, -0.05) is 37.3 Å². The van der Waals surface area contributed by atoms with Crippen molar-refractivity contribution < 1.29 is 14.3 Å². The molecule has 1 aromatic rings. The van der Waals surface area contributed by atoms with Crippen LogP contribution in [0, 0.1) is 0 Å². The van der Waals surface area contributed by atoms with Gasteiger partial charge in [-0.15, -0.1) is 0 Å². The van der Waals surface area contributed by atoms with Crippen molar-refractivity contribution in [1.82, 2.24) is 0 Å². The standard InChI is InChI=1S/C13H17NO3/c1-3-13(11(14)15,12(16)17-4-2)10-8-6-5-7-9-10/h5-9H,3-4H2,1-2H3,(H2,14,15)/t13-/m0/s1. The van der Waals surface area contributed by atoms with Gasteiger partial charge < -0.3 is 10.5 Å². The van der Waals surface area contributed by atoms with E-state index in [4.69, 9.17) is 10.5 Å². The van der Waals surface area contributed by atoms with Crippen molar-refractivity contribution in [3.05, 3.63) is 35.9 Å². The fraction of sp³-hybridized carbons (Fsp3) is 0.385. The van der Waals surface area contributed by atoms with Gasteiger partial charge in [0, 0.05) is 0 Å². The summed E-state index contributed by atoms with van der Waals surface area (Å²) in [6, 6.07) is 8.77. The van der Waals surface area contributed by atoms with E-state index in [1.807, 2.05) is 6.07 Å². The summed E-state index contributed by atoms with van der Waals surface area (Å²) in [5.41, 5.74) is 4.61. The van der Waals surface area contributed by atoms with Crippen LogP contribution in [0.5, 0.6) is 0 Å². The molecule has 0 aliphatic heterocycles. The molecule has 1 atom stereocenters. The Balaban J connectivity index is 3.28. The van der Waals surface area contributed by atoms with Gasteiger partial charge in [0.15, 0.2) is 5.41 Å². The number of hydrogen-bond donors (Lipinski definition) is 1. The summed E-state index contributed by atoms with van der Waals surface area (Å²) in [5, 5.41) is 0. The number of rotatable bonds is 5. The van der Waals surface area contributed by atoms with Crippen LogP contribution in [0.2, 0.25) is 0 Å². The molecule has 1 amide bonds. The van der Waals surface area contributed by atoms with E-state index in [0.717, 1.165) is 0 Å². The van der Waals surface area contributed by atoms with Crippen LogP contribution >= 0.6 is 0 Å². The molecule has 0 unspecified atom stereocenters. The first kappa shape index (κ1) is 13.2. The molecule has 1 aromatic carbocycles. The Morgan fingerprint density at radius 1 is 1.24 bits per heavy atom. The van der Waals surface area contributed by atoms with Gasteiger partial charge in [0.25, 0.3) is 0 Å². The lowest BCUT2D eigenvalue weighted by Crippen LogP contribution is -2.48. The number of carbonyl (C=O) groups is 2. The van der Waals surface area contributed by atoms with Crippen molar-refractivity contribution in [2.45, 2.75) is 25.7 Å². The van der Waals surface area contributed by atoms with Crippen molar-refractivity contribution in [2.75, 3.05) is 6.61 Å². The fourth-order valence-corrected chi connectivity index (χ4v) is 1.86. The normalized spacial score (nSPS) is 13.8. The van der Waals surface area contributed by atoms with Crippen LogP contribution in [0.4, 0.5) is 0 Å². The molecule has 0 fully saturated rings. The number of hydrogen-bond acceptors (Lipinski definition) is 3. The lowest BCUT2D eigenvalue weighted by molar-refractivity contribution is -0.154. The van der Waals surface area contributed by atoms with Crippen LogP contribution in [-0.4, -0.2) is 18.5 Å². The van der Waals surface area contributed by atoms with Gasteiger partial charge in [-0.05, 0) is 18.9 Å². The van der Waals surface area contributed by atoms with Gasteiger partial charge >= 0.3 is 5.97 Å². The summed E-state index contributed by atoms with van der Waals surface area (Å²) >= 11 is 0. The predicted molar refractivity (Wildman–Crippen MR) is 64.2 cm³/mol. The molecule has 4 heteroatoms. The Bertz CT molecular complexity index is 402. The SMILES string of the molecule is CCOC(=O)[C@](CC)(C(N)=O)c1ccccc1. The van der Waals surface area contributed by atoms with Crippen LogP contribution in [-0.2, 0) is 19.7 Å². The minimum Gasteiger partial charge on any atom is -0.465 e. The quantitative estimate of drug-likeness (QED) is 0.619. The third kappa shape index (κ3) is 2.30. The van der Waals surface area contributed by atoms with E-state index in [1.165, 1.54) is 0 Å². The molecule has 0 bridgehead atoms. The van der Waals surface area contributed by atoms with Gasteiger partial charge in [-0.25, -0.2) is 0 Å². The smallest absolute Gasteiger partial charge is 0.326 e. The molecule has 17 heavy (non-hydrogen) atoms. The summed E-state index contributed by atoms with van der Waals surface area (Å²) in [4.78, 5) is 23.7. The van der Waals surface area contributed by atoms with Crippen molar-refractivity contribution >= 4 is 11.9 Å². The Hall–Kier alpha value is -1.84. The van der Waals surface area contributed by atoms with Crippen molar-refractivity contribution in [3.8, 4) is 0 Å². The van der Waals surface area contributed by atoms with Crippen molar-refractivity contribution in [3.63, 3.8) is 0 Å². The molecule has 1 rings (SSSR count). The minimum atomic E-state index is -1.38. The summed E-state index contributed by atoms with van der Waals surface area (Å²) in [6.07, 6.45) is 0.283. The molecule has 0 spiro atoms. The number of esters is 1. The lowest BCUT2D eigenvalue weighted by atomic mass is 9.77. The van der Waals surface area contributed by atoms with E-state index in [2.05, 4.69) is 0 Å². The van der Waals surface area contributed by atoms with E-state index >= 15 is 0 Å². The van der Waals surface area contributed by atoms with E-state index in [-0.39, 0.29) is 13.0 Å². The Kier molecular flexibility index (Phi) is 4.26. The largest absolute Gasteiger partial charge is 0.465 e. The summed E-state index contributed by atoms with van der Waals surface area (Å²) in [6.45, 7) is 3.67. The summed E-state index contributed by atoms with van der Waals surface area (Å²) in [5.74, 6) is -1.26. The van der Waals surface area contributed by atoms with E-state index < -0.39 is 17.3 Å². The highest BCUT2D eigenvalue weighted by molar-refractivity contribution is 6.08.